The van der Waals surface area contributed by atoms with E-state index >= 15 is 17.6 Å². The zero-order chi connectivity index (χ0) is 32.1. The lowest BCUT2D eigenvalue weighted by atomic mass is 9.78. The lowest BCUT2D eigenvalue weighted by Crippen LogP contribution is -2.38. The SMILES string of the molecule is C/C=C/CCC1COC(C2CCC(c3cc(F)c(C(F)(F)Oc4ccc(-c5ccc(C#N)c(F)c5)c(F)c4)c(F)c3)CC2)OC1. The van der Waals surface area contributed by atoms with Crippen LogP contribution in [0.2, 0.25) is 0 Å². The molecular weight excluding hydrogens is 596 g/mol. The molecule has 0 bridgehead atoms. The molecule has 0 N–H and O–H groups in total. The van der Waals surface area contributed by atoms with Crippen molar-refractivity contribution in [1.29, 1.82) is 5.26 Å². The van der Waals surface area contributed by atoms with Gasteiger partial charge < -0.3 is 14.2 Å². The van der Waals surface area contributed by atoms with Crippen molar-refractivity contribution in [3.8, 4) is 22.9 Å². The number of nitriles is 1. The van der Waals surface area contributed by atoms with E-state index in [-0.39, 0.29) is 40.4 Å². The van der Waals surface area contributed by atoms with Gasteiger partial charge in [0.15, 0.2) is 6.29 Å². The molecule has 45 heavy (non-hydrogen) atoms. The van der Waals surface area contributed by atoms with Gasteiger partial charge in [0.05, 0.1) is 18.8 Å². The number of hydrogen-bond donors (Lipinski definition) is 0. The maximum atomic E-state index is 15.1. The summed E-state index contributed by atoms with van der Waals surface area (Å²) in [4.78, 5) is 0. The first-order chi connectivity index (χ1) is 21.6. The number of nitrogens with zero attached hydrogens (tertiary/aromatic N) is 1. The molecule has 2 aliphatic rings. The Morgan fingerprint density at radius 2 is 1.58 bits per heavy atom. The highest BCUT2D eigenvalue weighted by molar-refractivity contribution is 5.66. The molecule has 0 aromatic heterocycles. The summed E-state index contributed by atoms with van der Waals surface area (Å²) in [5, 5.41) is 8.86. The van der Waals surface area contributed by atoms with Gasteiger partial charge >= 0.3 is 6.11 Å². The molecule has 3 aromatic rings. The van der Waals surface area contributed by atoms with Crippen LogP contribution in [-0.4, -0.2) is 19.5 Å². The summed E-state index contributed by atoms with van der Waals surface area (Å²) in [7, 11) is 0. The average molecular weight is 630 g/mol. The summed E-state index contributed by atoms with van der Waals surface area (Å²) in [5.74, 6) is -5.26. The predicted molar refractivity (Wildman–Crippen MR) is 155 cm³/mol. The molecule has 1 saturated carbocycles. The number of hydrogen-bond acceptors (Lipinski definition) is 4. The van der Waals surface area contributed by atoms with Crippen LogP contribution in [-0.2, 0) is 15.6 Å². The predicted octanol–water partition coefficient (Wildman–Crippen LogP) is 9.53. The highest BCUT2D eigenvalue weighted by Crippen LogP contribution is 2.42. The molecule has 0 unspecified atom stereocenters. The van der Waals surface area contributed by atoms with Crippen LogP contribution in [0.1, 0.15) is 68.1 Å². The Labute approximate surface area is 258 Å². The topological polar surface area (TPSA) is 51.5 Å². The van der Waals surface area contributed by atoms with Gasteiger partial charge in [-0.25, -0.2) is 17.6 Å². The van der Waals surface area contributed by atoms with Gasteiger partial charge in [-0.1, -0.05) is 18.2 Å². The zero-order valence-corrected chi connectivity index (χ0v) is 24.7. The highest BCUT2D eigenvalue weighted by atomic mass is 19.3. The van der Waals surface area contributed by atoms with Crippen LogP contribution in [0, 0.1) is 46.4 Å². The second-order valence-electron chi connectivity index (χ2n) is 11.6. The van der Waals surface area contributed by atoms with Crippen molar-refractivity contribution >= 4 is 0 Å². The molecule has 0 radical (unpaired) electrons. The van der Waals surface area contributed by atoms with Crippen LogP contribution >= 0.6 is 0 Å². The monoisotopic (exact) mass is 629 g/mol. The van der Waals surface area contributed by atoms with Crippen molar-refractivity contribution in [3.05, 3.63) is 101 Å². The van der Waals surface area contributed by atoms with Crippen LogP contribution in [0.15, 0.2) is 60.7 Å². The van der Waals surface area contributed by atoms with Crippen molar-refractivity contribution < 1.29 is 40.6 Å². The quantitative estimate of drug-likeness (QED) is 0.175. The van der Waals surface area contributed by atoms with Crippen LogP contribution in [0.4, 0.5) is 26.3 Å². The summed E-state index contributed by atoms with van der Waals surface area (Å²) >= 11 is 0. The number of alkyl halides is 2. The fourth-order valence-corrected chi connectivity index (χ4v) is 6.09. The summed E-state index contributed by atoms with van der Waals surface area (Å²) in [6.45, 7) is 3.24. The normalized spacial score (nSPS) is 22.4. The number of benzene rings is 3. The third-order valence-corrected chi connectivity index (χ3v) is 8.54. The highest BCUT2D eigenvalue weighted by Gasteiger charge is 2.42. The standard InChI is InChI=1S/C35H33F6NO3/c1-2-3-4-5-21-19-43-34(44-20-21)23-8-6-22(7-9-23)26-15-31(38)33(32(39)16-26)35(40,41)45-27-12-13-28(30(37)17-27)24-10-11-25(18-42)29(36)14-24/h2-3,10-17,21-23,34H,4-9,19-20H2,1H3/b3-2+. The van der Waals surface area contributed by atoms with Crippen molar-refractivity contribution in [2.75, 3.05) is 13.2 Å². The Balaban J connectivity index is 1.21. The van der Waals surface area contributed by atoms with E-state index in [1.54, 1.807) is 6.07 Å². The first-order valence-corrected chi connectivity index (χ1v) is 15.0. The van der Waals surface area contributed by atoms with Crippen molar-refractivity contribution in [2.45, 2.75) is 63.8 Å². The number of allylic oxidation sites excluding steroid dienone is 2. The molecule has 1 heterocycles. The van der Waals surface area contributed by atoms with E-state index in [1.807, 2.05) is 13.0 Å². The van der Waals surface area contributed by atoms with Crippen LogP contribution < -0.4 is 4.74 Å². The first kappa shape index (κ1) is 32.6. The van der Waals surface area contributed by atoms with Gasteiger partial charge in [-0.05, 0) is 98.9 Å². The number of ether oxygens (including phenoxy) is 3. The first-order valence-electron chi connectivity index (χ1n) is 15.0. The van der Waals surface area contributed by atoms with Crippen LogP contribution in [0.3, 0.4) is 0 Å². The van der Waals surface area contributed by atoms with E-state index in [0.717, 1.165) is 49.2 Å². The lowest BCUT2D eigenvalue weighted by Gasteiger charge is -2.37. The minimum atomic E-state index is -4.46. The molecule has 238 valence electrons. The Morgan fingerprint density at radius 1 is 0.889 bits per heavy atom. The average Bonchev–Trinajstić information content (AvgIpc) is 3.01. The lowest BCUT2D eigenvalue weighted by molar-refractivity contribution is -0.229. The van der Waals surface area contributed by atoms with Gasteiger partial charge in [0.1, 0.15) is 40.7 Å². The Kier molecular flexibility index (Phi) is 10.2. The molecule has 4 nitrogen and oxygen atoms in total. The van der Waals surface area contributed by atoms with Crippen molar-refractivity contribution in [2.24, 2.45) is 11.8 Å². The largest absolute Gasteiger partial charge is 0.432 e. The molecule has 5 rings (SSSR count). The van der Waals surface area contributed by atoms with E-state index in [2.05, 4.69) is 10.8 Å². The van der Waals surface area contributed by atoms with E-state index < -0.39 is 40.7 Å². The van der Waals surface area contributed by atoms with Gasteiger partial charge in [-0.3, -0.25) is 0 Å². The van der Waals surface area contributed by atoms with Crippen LogP contribution in [0.25, 0.3) is 11.1 Å². The molecule has 1 aliphatic carbocycles. The fourth-order valence-electron chi connectivity index (χ4n) is 6.09. The third-order valence-electron chi connectivity index (χ3n) is 8.54. The fraction of sp³-hybridized carbons (Fsp3) is 0.400. The minimum absolute atomic E-state index is 0.0621. The van der Waals surface area contributed by atoms with E-state index in [9.17, 15) is 8.78 Å². The number of halogens is 6. The summed E-state index contributed by atoms with van der Waals surface area (Å²) in [6, 6.07) is 9.53. The molecule has 0 amide bonds. The second-order valence-corrected chi connectivity index (χ2v) is 11.6. The molecular formula is C35H33F6NO3. The van der Waals surface area contributed by atoms with Crippen molar-refractivity contribution in [1.82, 2.24) is 0 Å². The van der Waals surface area contributed by atoms with Gasteiger partial charge in [0.25, 0.3) is 0 Å². The van der Waals surface area contributed by atoms with Gasteiger partial charge in [0.2, 0.25) is 0 Å². The molecule has 2 fully saturated rings. The molecule has 1 saturated heterocycles. The van der Waals surface area contributed by atoms with Crippen LogP contribution in [0.5, 0.6) is 5.75 Å². The molecule has 10 heteroatoms. The second kappa shape index (κ2) is 14.1. The minimum Gasteiger partial charge on any atom is -0.429 e. The van der Waals surface area contributed by atoms with E-state index in [1.165, 1.54) is 6.07 Å². The zero-order valence-electron chi connectivity index (χ0n) is 24.7. The van der Waals surface area contributed by atoms with Gasteiger partial charge in [-0.15, -0.1) is 0 Å². The maximum Gasteiger partial charge on any atom is 0.432 e. The number of rotatable bonds is 9. The van der Waals surface area contributed by atoms with Gasteiger partial charge in [-0.2, -0.15) is 14.0 Å². The Hall–Kier alpha value is -3.81. The van der Waals surface area contributed by atoms with Crippen molar-refractivity contribution in [3.63, 3.8) is 0 Å². The summed E-state index contributed by atoms with van der Waals surface area (Å²) in [6.07, 6.45) is 3.93. The van der Waals surface area contributed by atoms with E-state index in [4.69, 9.17) is 14.7 Å². The molecule has 0 spiro atoms. The Morgan fingerprint density at radius 3 is 2.18 bits per heavy atom. The third kappa shape index (κ3) is 7.54. The Bertz CT molecular complexity index is 1550. The molecule has 1 aliphatic heterocycles. The maximum absolute atomic E-state index is 15.1. The van der Waals surface area contributed by atoms with E-state index in [0.29, 0.717) is 50.9 Å². The van der Waals surface area contributed by atoms with Gasteiger partial charge in [0, 0.05) is 23.5 Å². The smallest absolute Gasteiger partial charge is 0.429 e. The molecule has 3 aromatic carbocycles. The summed E-state index contributed by atoms with van der Waals surface area (Å²) < 4.78 is 106. The molecule has 0 atom stereocenters. The summed E-state index contributed by atoms with van der Waals surface area (Å²) in [5.41, 5.74) is -1.62.